The highest BCUT2D eigenvalue weighted by Gasteiger charge is 2.11. The number of benzene rings is 1. The van der Waals surface area contributed by atoms with Crippen molar-refractivity contribution in [2.45, 2.75) is 0 Å². The van der Waals surface area contributed by atoms with Gasteiger partial charge in [-0.2, -0.15) is 0 Å². The van der Waals surface area contributed by atoms with Crippen molar-refractivity contribution in [1.82, 2.24) is 4.98 Å². The Morgan fingerprint density at radius 1 is 1.00 bits per heavy atom. The summed E-state index contributed by atoms with van der Waals surface area (Å²) < 4.78 is 13.0. The SMILES string of the molecule is Fc1ccnc(-c2ccc(Cl)c(Cl)c2Cl)c1. The second-order valence-corrected chi connectivity index (χ2v) is 4.25. The molecule has 0 spiro atoms. The number of pyridine rings is 1. The standard InChI is InChI=1S/C11H5Cl3FN/c12-8-2-1-7(10(13)11(8)14)9-5-6(15)3-4-16-9/h1-5H. The molecule has 0 aliphatic carbocycles. The molecule has 0 aliphatic heterocycles. The molecule has 0 saturated carbocycles. The third kappa shape index (κ3) is 2.14. The molecule has 0 atom stereocenters. The van der Waals surface area contributed by atoms with Crippen molar-refractivity contribution in [2.24, 2.45) is 0 Å². The van der Waals surface area contributed by atoms with E-state index in [1.807, 2.05) is 0 Å². The molecule has 0 amide bonds. The van der Waals surface area contributed by atoms with Crippen molar-refractivity contribution in [3.05, 3.63) is 51.3 Å². The van der Waals surface area contributed by atoms with Gasteiger partial charge in [0.25, 0.3) is 0 Å². The average molecular weight is 277 g/mol. The number of halogens is 4. The molecule has 2 rings (SSSR count). The van der Waals surface area contributed by atoms with E-state index in [0.29, 0.717) is 16.3 Å². The molecule has 0 radical (unpaired) electrons. The van der Waals surface area contributed by atoms with E-state index in [9.17, 15) is 4.39 Å². The fourth-order valence-corrected chi connectivity index (χ4v) is 1.91. The molecular weight excluding hydrogens is 271 g/mol. The van der Waals surface area contributed by atoms with Crippen molar-refractivity contribution < 1.29 is 4.39 Å². The predicted octanol–water partition coefficient (Wildman–Crippen LogP) is 4.85. The molecule has 0 fully saturated rings. The lowest BCUT2D eigenvalue weighted by atomic mass is 10.1. The minimum absolute atomic E-state index is 0.242. The zero-order valence-electron chi connectivity index (χ0n) is 7.85. The summed E-state index contributed by atoms with van der Waals surface area (Å²) in [7, 11) is 0. The summed E-state index contributed by atoms with van der Waals surface area (Å²) in [6.45, 7) is 0. The van der Waals surface area contributed by atoms with E-state index in [4.69, 9.17) is 34.8 Å². The smallest absolute Gasteiger partial charge is 0.126 e. The Morgan fingerprint density at radius 2 is 1.75 bits per heavy atom. The van der Waals surface area contributed by atoms with Gasteiger partial charge in [-0.1, -0.05) is 34.8 Å². The zero-order valence-corrected chi connectivity index (χ0v) is 10.1. The van der Waals surface area contributed by atoms with Gasteiger partial charge in [-0.3, -0.25) is 4.98 Å². The van der Waals surface area contributed by atoms with Crippen LogP contribution in [0.4, 0.5) is 4.39 Å². The molecular formula is C11H5Cl3FN. The molecule has 2 aromatic rings. The Kier molecular flexibility index (Phi) is 3.33. The van der Waals surface area contributed by atoms with Crippen molar-refractivity contribution in [3.63, 3.8) is 0 Å². The van der Waals surface area contributed by atoms with Crippen molar-refractivity contribution in [1.29, 1.82) is 0 Å². The fraction of sp³-hybridized carbons (Fsp3) is 0. The highest BCUT2D eigenvalue weighted by molar-refractivity contribution is 6.49. The van der Waals surface area contributed by atoms with E-state index in [-0.39, 0.29) is 15.9 Å². The van der Waals surface area contributed by atoms with E-state index in [1.54, 1.807) is 12.1 Å². The minimum Gasteiger partial charge on any atom is -0.256 e. The molecule has 1 aromatic carbocycles. The predicted molar refractivity (Wildman–Crippen MR) is 64.7 cm³/mol. The van der Waals surface area contributed by atoms with E-state index in [2.05, 4.69) is 4.98 Å². The van der Waals surface area contributed by atoms with E-state index < -0.39 is 0 Å². The summed E-state index contributed by atoms with van der Waals surface area (Å²) in [5.41, 5.74) is 0.971. The van der Waals surface area contributed by atoms with Crippen molar-refractivity contribution in [2.75, 3.05) is 0 Å². The maximum Gasteiger partial charge on any atom is 0.126 e. The summed E-state index contributed by atoms with van der Waals surface area (Å²) in [4.78, 5) is 4.02. The lowest BCUT2D eigenvalue weighted by molar-refractivity contribution is 0.626. The molecule has 0 unspecified atom stereocenters. The Morgan fingerprint density at radius 3 is 2.44 bits per heavy atom. The molecule has 1 heterocycles. The Bertz CT molecular complexity index is 543. The normalized spacial score (nSPS) is 10.5. The first kappa shape index (κ1) is 11.6. The summed E-state index contributed by atoms with van der Waals surface area (Å²) in [5.74, 6) is -0.382. The van der Waals surface area contributed by atoms with Gasteiger partial charge in [0.1, 0.15) is 5.82 Å². The van der Waals surface area contributed by atoms with Gasteiger partial charge in [-0.05, 0) is 18.2 Å². The van der Waals surface area contributed by atoms with Gasteiger partial charge >= 0.3 is 0 Å². The van der Waals surface area contributed by atoms with Crippen LogP contribution in [0.1, 0.15) is 0 Å². The van der Waals surface area contributed by atoms with Crippen LogP contribution < -0.4 is 0 Å². The number of hydrogen-bond donors (Lipinski definition) is 0. The number of nitrogens with zero attached hydrogens (tertiary/aromatic N) is 1. The molecule has 1 nitrogen and oxygen atoms in total. The number of aromatic nitrogens is 1. The van der Waals surface area contributed by atoms with Gasteiger partial charge in [0, 0.05) is 17.8 Å². The highest BCUT2D eigenvalue weighted by Crippen LogP contribution is 2.37. The summed E-state index contributed by atoms with van der Waals surface area (Å²) in [6.07, 6.45) is 1.36. The van der Waals surface area contributed by atoms with Crippen LogP contribution in [0.25, 0.3) is 11.3 Å². The minimum atomic E-state index is -0.382. The quantitative estimate of drug-likeness (QED) is 0.679. The first-order valence-corrected chi connectivity index (χ1v) is 5.48. The maximum absolute atomic E-state index is 13.0. The summed E-state index contributed by atoms with van der Waals surface area (Å²) in [5, 5.41) is 0.867. The lowest BCUT2D eigenvalue weighted by Gasteiger charge is -2.06. The van der Waals surface area contributed by atoms with Crippen molar-refractivity contribution in [3.8, 4) is 11.3 Å². The lowest BCUT2D eigenvalue weighted by Crippen LogP contribution is -1.87. The summed E-state index contributed by atoms with van der Waals surface area (Å²) >= 11 is 17.7. The van der Waals surface area contributed by atoms with Gasteiger partial charge in [0.05, 0.1) is 20.8 Å². The monoisotopic (exact) mass is 275 g/mol. The first-order chi connectivity index (χ1) is 7.59. The number of rotatable bonds is 1. The molecule has 1 aromatic heterocycles. The third-order valence-corrected chi connectivity index (χ3v) is 3.33. The fourth-order valence-electron chi connectivity index (χ4n) is 1.28. The van der Waals surface area contributed by atoms with E-state index >= 15 is 0 Å². The van der Waals surface area contributed by atoms with Crippen LogP contribution in [0.5, 0.6) is 0 Å². The average Bonchev–Trinajstić information content (AvgIpc) is 2.26. The first-order valence-electron chi connectivity index (χ1n) is 4.35. The van der Waals surface area contributed by atoms with Crippen LogP contribution in [-0.2, 0) is 0 Å². The van der Waals surface area contributed by atoms with E-state index in [0.717, 1.165) is 0 Å². The Labute approximate surface area is 107 Å². The van der Waals surface area contributed by atoms with Gasteiger partial charge < -0.3 is 0 Å². The van der Waals surface area contributed by atoms with Crippen molar-refractivity contribution >= 4 is 34.8 Å². The number of hydrogen-bond acceptors (Lipinski definition) is 1. The van der Waals surface area contributed by atoms with Crippen LogP contribution in [0.3, 0.4) is 0 Å². The molecule has 82 valence electrons. The Balaban J connectivity index is 2.61. The van der Waals surface area contributed by atoms with Gasteiger partial charge in [0.2, 0.25) is 0 Å². The topological polar surface area (TPSA) is 12.9 Å². The molecule has 5 heteroatoms. The molecule has 0 aliphatic rings. The zero-order chi connectivity index (χ0) is 11.7. The van der Waals surface area contributed by atoms with E-state index in [1.165, 1.54) is 18.3 Å². The van der Waals surface area contributed by atoms with Crippen LogP contribution >= 0.6 is 34.8 Å². The largest absolute Gasteiger partial charge is 0.256 e. The van der Waals surface area contributed by atoms with Crippen LogP contribution in [-0.4, -0.2) is 4.98 Å². The molecule has 0 N–H and O–H groups in total. The molecule has 0 bridgehead atoms. The van der Waals surface area contributed by atoms with Crippen LogP contribution in [0.2, 0.25) is 15.1 Å². The molecule has 16 heavy (non-hydrogen) atoms. The van der Waals surface area contributed by atoms with Crippen LogP contribution in [0.15, 0.2) is 30.5 Å². The second kappa shape index (κ2) is 4.58. The molecule has 0 saturated heterocycles. The second-order valence-electron chi connectivity index (χ2n) is 3.08. The van der Waals surface area contributed by atoms with Gasteiger partial charge in [0.15, 0.2) is 0 Å². The third-order valence-electron chi connectivity index (χ3n) is 2.03. The van der Waals surface area contributed by atoms with Gasteiger partial charge in [-0.15, -0.1) is 0 Å². The highest BCUT2D eigenvalue weighted by atomic mass is 35.5. The van der Waals surface area contributed by atoms with Gasteiger partial charge in [-0.25, -0.2) is 4.39 Å². The van der Waals surface area contributed by atoms with Crippen LogP contribution in [0, 0.1) is 5.82 Å². The summed E-state index contributed by atoms with van der Waals surface area (Å²) in [6, 6.07) is 5.79. The maximum atomic E-state index is 13.0. The Hall–Kier alpha value is -0.830.